The lowest BCUT2D eigenvalue weighted by molar-refractivity contribution is 0.565. The second kappa shape index (κ2) is 6.77. The summed E-state index contributed by atoms with van der Waals surface area (Å²) in [6.07, 6.45) is 3.46. The zero-order valence-electron chi connectivity index (χ0n) is 11.9. The summed E-state index contributed by atoms with van der Waals surface area (Å²) in [4.78, 5) is 1.07. The lowest BCUT2D eigenvalue weighted by atomic mass is 10.2. The van der Waals surface area contributed by atoms with Gasteiger partial charge >= 0.3 is 0 Å². The van der Waals surface area contributed by atoms with Gasteiger partial charge in [-0.3, -0.25) is 0 Å². The van der Waals surface area contributed by atoms with Crippen LogP contribution in [0.4, 0.5) is 0 Å². The largest absolute Gasteiger partial charge is 0.313 e. The Labute approximate surface area is 133 Å². The van der Waals surface area contributed by atoms with Crippen molar-refractivity contribution in [3.05, 3.63) is 28.8 Å². The lowest BCUT2D eigenvalue weighted by Gasteiger charge is -2.08. The third kappa shape index (κ3) is 3.75. The minimum Gasteiger partial charge on any atom is -0.313 e. The molecule has 1 aliphatic rings. The van der Waals surface area contributed by atoms with Crippen molar-refractivity contribution in [2.45, 2.75) is 48.8 Å². The highest BCUT2D eigenvalue weighted by atomic mass is 35.5. The predicted octanol–water partition coefficient (Wildman–Crippen LogP) is 3.31. The molecule has 112 valence electrons. The van der Waals surface area contributed by atoms with Crippen molar-refractivity contribution in [2.75, 3.05) is 6.54 Å². The molecule has 7 heteroatoms. The van der Waals surface area contributed by atoms with Crippen LogP contribution in [0.2, 0.25) is 5.02 Å². The van der Waals surface area contributed by atoms with Crippen LogP contribution in [0, 0.1) is 0 Å². The van der Waals surface area contributed by atoms with Gasteiger partial charge in [0, 0.05) is 16.5 Å². The highest BCUT2D eigenvalue weighted by Crippen LogP contribution is 2.38. The Morgan fingerprint density at radius 1 is 1.43 bits per heavy atom. The number of hydrogen-bond donors (Lipinski definition) is 1. The van der Waals surface area contributed by atoms with E-state index in [9.17, 15) is 0 Å². The van der Waals surface area contributed by atoms with Gasteiger partial charge in [0.15, 0.2) is 0 Å². The van der Waals surface area contributed by atoms with Crippen molar-refractivity contribution >= 4 is 23.4 Å². The Kier molecular flexibility index (Phi) is 4.77. The molecule has 2 aromatic rings. The monoisotopic (exact) mass is 323 g/mol. The van der Waals surface area contributed by atoms with Gasteiger partial charge in [0.1, 0.15) is 0 Å². The van der Waals surface area contributed by atoms with Gasteiger partial charge in [-0.1, -0.05) is 24.6 Å². The first kappa shape index (κ1) is 14.8. The first-order chi connectivity index (χ1) is 10.3. The molecule has 0 spiro atoms. The van der Waals surface area contributed by atoms with E-state index in [0.717, 1.165) is 40.1 Å². The number of rotatable bonds is 7. The Morgan fingerprint density at radius 2 is 2.29 bits per heavy atom. The van der Waals surface area contributed by atoms with Gasteiger partial charge in [-0.2, -0.15) is 0 Å². The van der Waals surface area contributed by atoms with Crippen LogP contribution in [0.3, 0.4) is 0 Å². The summed E-state index contributed by atoms with van der Waals surface area (Å²) in [5, 5.41) is 16.9. The zero-order valence-corrected chi connectivity index (χ0v) is 13.5. The quantitative estimate of drug-likeness (QED) is 0.792. The zero-order chi connectivity index (χ0) is 14.7. The summed E-state index contributed by atoms with van der Waals surface area (Å²) in [5.74, 6) is 0. The van der Waals surface area contributed by atoms with E-state index < -0.39 is 0 Å². The maximum absolute atomic E-state index is 6.35. The molecule has 1 aromatic carbocycles. The second-order valence-corrected chi connectivity index (χ2v) is 6.62. The SMILES string of the molecule is CCCNCc1ccc(Sc2nnnn2C2CC2)cc1Cl. The molecule has 5 nitrogen and oxygen atoms in total. The Bertz CT molecular complexity index is 611. The molecular weight excluding hydrogens is 306 g/mol. The number of nitrogens with one attached hydrogen (secondary N) is 1. The molecule has 0 radical (unpaired) electrons. The first-order valence-corrected chi connectivity index (χ1v) is 8.42. The third-order valence-electron chi connectivity index (χ3n) is 3.33. The fraction of sp³-hybridized carbons (Fsp3) is 0.500. The van der Waals surface area contributed by atoms with Crippen molar-refractivity contribution in [1.82, 2.24) is 25.5 Å². The van der Waals surface area contributed by atoms with E-state index in [1.807, 2.05) is 10.7 Å². The van der Waals surface area contributed by atoms with Gasteiger partial charge < -0.3 is 5.32 Å². The Balaban J connectivity index is 1.68. The van der Waals surface area contributed by atoms with E-state index in [2.05, 4.69) is 39.9 Å². The minimum atomic E-state index is 0.482. The summed E-state index contributed by atoms with van der Waals surface area (Å²) in [6, 6.07) is 6.61. The third-order valence-corrected chi connectivity index (χ3v) is 4.62. The lowest BCUT2D eigenvalue weighted by Crippen LogP contribution is -2.13. The maximum Gasteiger partial charge on any atom is 0.214 e. The summed E-state index contributed by atoms with van der Waals surface area (Å²) in [5.41, 5.74) is 1.12. The molecule has 21 heavy (non-hydrogen) atoms. The van der Waals surface area contributed by atoms with Gasteiger partial charge in [-0.15, -0.1) is 5.10 Å². The second-order valence-electron chi connectivity index (χ2n) is 5.17. The minimum absolute atomic E-state index is 0.482. The number of benzene rings is 1. The predicted molar refractivity (Wildman–Crippen MR) is 83.7 cm³/mol. The Hall–Kier alpha value is -1.11. The molecule has 0 aliphatic heterocycles. The van der Waals surface area contributed by atoms with Gasteiger partial charge in [0.2, 0.25) is 5.16 Å². The number of hydrogen-bond acceptors (Lipinski definition) is 5. The average molecular weight is 324 g/mol. The standard InChI is InChI=1S/C14H18ClN5S/c1-2-7-16-9-10-3-6-12(8-13(10)15)21-14-17-18-19-20(14)11-4-5-11/h3,6,8,11,16H,2,4-5,7,9H2,1H3. The fourth-order valence-electron chi connectivity index (χ4n) is 2.04. The molecule has 1 heterocycles. The summed E-state index contributed by atoms with van der Waals surface area (Å²) < 4.78 is 1.91. The van der Waals surface area contributed by atoms with Crippen LogP contribution in [0.25, 0.3) is 0 Å². The average Bonchev–Trinajstić information content (AvgIpc) is 3.22. The molecule has 1 aromatic heterocycles. The molecule has 0 atom stereocenters. The maximum atomic E-state index is 6.35. The van der Waals surface area contributed by atoms with E-state index >= 15 is 0 Å². The molecule has 0 bridgehead atoms. The fourth-order valence-corrected chi connectivity index (χ4v) is 3.23. The molecule has 3 rings (SSSR count). The van der Waals surface area contributed by atoms with Crippen molar-refractivity contribution < 1.29 is 0 Å². The number of tetrazole rings is 1. The molecule has 0 amide bonds. The summed E-state index contributed by atoms with van der Waals surface area (Å²) >= 11 is 7.91. The molecule has 0 saturated heterocycles. The van der Waals surface area contributed by atoms with Crippen molar-refractivity contribution in [2.24, 2.45) is 0 Å². The van der Waals surface area contributed by atoms with E-state index in [1.54, 1.807) is 11.8 Å². The van der Waals surface area contributed by atoms with Crippen LogP contribution in [0.1, 0.15) is 37.8 Å². The van der Waals surface area contributed by atoms with E-state index in [-0.39, 0.29) is 0 Å². The Morgan fingerprint density at radius 3 is 3.00 bits per heavy atom. The molecule has 1 saturated carbocycles. The van der Waals surface area contributed by atoms with Crippen molar-refractivity contribution in [1.29, 1.82) is 0 Å². The van der Waals surface area contributed by atoms with Crippen molar-refractivity contribution in [3.8, 4) is 0 Å². The van der Waals surface area contributed by atoms with Gasteiger partial charge in [-0.05, 0) is 65.7 Å². The molecule has 1 fully saturated rings. The molecule has 1 aliphatic carbocycles. The summed E-state index contributed by atoms with van der Waals surface area (Å²) in [6.45, 7) is 3.96. The smallest absolute Gasteiger partial charge is 0.214 e. The van der Waals surface area contributed by atoms with Crippen LogP contribution in [-0.2, 0) is 6.54 Å². The number of halogens is 1. The van der Waals surface area contributed by atoms with Crippen LogP contribution in [0.15, 0.2) is 28.3 Å². The van der Waals surface area contributed by atoms with Gasteiger partial charge in [-0.25, -0.2) is 4.68 Å². The van der Waals surface area contributed by atoms with Crippen LogP contribution < -0.4 is 5.32 Å². The molecule has 0 unspecified atom stereocenters. The number of aromatic nitrogens is 4. The van der Waals surface area contributed by atoms with E-state index in [1.165, 1.54) is 12.8 Å². The van der Waals surface area contributed by atoms with E-state index in [0.29, 0.717) is 6.04 Å². The van der Waals surface area contributed by atoms with E-state index in [4.69, 9.17) is 11.6 Å². The topological polar surface area (TPSA) is 55.6 Å². The normalized spacial score (nSPS) is 14.6. The van der Waals surface area contributed by atoms with Crippen molar-refractivity contribution in [3.63, 3.8) is 0 Å². The van der Waals surface area contributed by atoms with Crippen LogP contribution in [-0.4, -0.2) is 26.8 Å². The number of nitrogens with zero attached hydrogens (tertiary/aromatic N) is 4. The highest BCUT2D eigenvalue weighted by molar-refractivity contribution is 7.99. The van der Waals surface area contributed by atoms with Crippen LogP contribution >= 0.6 is 23.4 Å². The van der Waals surface area contributed by atoms with Crippen LogP contribution in [0.5, 0.6) is 0 Å². The highest BCUT2D eigenvalue weighted by Gasteiger charge is 2.28. The first-order valence-electron chi connectivity index (χ1n) is 7.22. The van der Waals surface area contributed by atoms with Gasteiger partial charge in [0.25, 0.3) is 0 Å². The molecular formula is C14H18ClN5S. The summed E-state index contributed by atoms with van der Waals surface area (Å²) in [7, 11) is 0. The molecule has 1 N–H and O–H groups in total. The van der Waals surface area contributed by atoms with Gasteiger partial charge in [0.05, 0.1) is 6.04 Å².